The van der Waals surface area contributed by atoms with Crippen molar-refractivity contribution in [3.63, 3.8) is 0 Å². The molecule has 6 heteroatoms. The van der Waals surface area contributed by atoms with E-state index in [-0.39, 0.29) is 11.8 Å². The third kappa shape index (κ3) is 5.23. The van der Waals surface area contributed by atoms with Gasteiger partial charge in [-0.1, -0.05) is 0 Å². The van der Waals surface area contributed by atoms with Gasteiger partial charge in [-0.2, -0.15) is 0 Å². The van der Waals surface area contributed by atoms with Crippen LogP contribution in [0.1, 0.15) is 36.2 Å². The van der Waals surface area contributed by atoms with Gasteiger partial charge < -0.3 is 20.0 Å². The summed E-state index contributed by atoms with van der Waals surface area (Å²) in [5, 5.41) is 5.79. The van der Waals surface area contributed by atoms with Crippen molar-refractivity contribution in [3.05, 3.63) is 24.2 Å². The minimum absolute atomic E-state index is 0.0665. The van der Waals surface area contributed by atoms with Crippen LogP contribution in [0, 0.1) is 0 Å². The van der Waals surface area contributed by atoms with Gasteiger partial charge in [0.25, 0.3) is 5.91 Å². The van der Waals surface area contributed by atoms with Gasteiger partial charge in [0.05, 0.1) is 6.26 Å². The number of hydrogen-bond acceptors (Lipinski definition) is 4. The Morgan fingerprint density at radius 1 is 1.38 bits per heavy atom. The molecule has 1 saturated heterocycles. The molecule has 1 aliphatic rings. The number of nitrogens with zero attached hydrogens (tertiary/aromatic N) is 1. The van der Waals surface area contributed by atoms with Crippen LogP contribution in [0.15, 0.2) is 22.8 Å². The van der Waals surface area contributed by atoms with E-state index in [4.69, 9.17) is 4.42 Å². The first-order valence-electron chi connectivity index (χ1n) is 7.45. The molecule has 0 bridgehead atoms. The van der Waals surface area contributed by atoms with Crippen LogP contribution in [0.2, 0.25) is 0 Å². The maximum Gasteiger partial charge on any atom is 0.286 e. The third-order valence-electron chi connectivity index (χ3n) is 3.69. The number of nitrogens with one attached hydrogen (secondary N) is 2. The summed E-state index contributed by atoms with van der Waals surface area (Å²) in [7, 11) is 2.10. The third-order valence-corrected chi connectivity index (χ3v) is 3.69. The van der Waals surface area contributed by atoms with Crippen molar-refractivity contribution in [3.8, 4) is 0 Å². The summed E-state index contributed by atoms with van der Waals surface area (Å²) in [6.07, 6.45) is 4.55. The predicted octanol–water partition coefficient (Wildman–Crippen LogP) is 1.00. The maximum absolute atomic E-state index is 11.8. The number of hydrogen-bond donors (Lipinski definition) is 2. The second-order valence-electron chi connectivity index (χ2n) is 5.48. The highest BCUT2D eigenvalue weighted by Gasteiger charge is 2.18. The van der Waals surface area contributed by atoms with Gasteiger partial charge in [-0.15, -0.1) is 0 Å². The van der Waals surface area contributed by atoms with E-state index in [0.717, 1.165) is 25.9 Å². The molecular weight excluding hydrogens is 270 g/mol. The standard InChI is InChI=1S/C15H23N3O3/c1-18-9-6-12(7-10-18)17-14(19)5-2-8-16-15(20)13-4-3-11-21-13/h3-4,11-12H,2,5-10H2,1H3,(H,16,20)(H,17,19). The van der Waals surface area contributed by atoms with E-state index in [2.05, 4.69) is 22.6 Å². The number of carbonyl (C=O) groups is 2. The first kappa shape index (κ1) is 15.6. The molecule has 0 aliphatic carbocycles. The summed E-state index contributed by atoms with van der Waals surface area (Å²) in [5.74, 6) is 0.123. The zero-order chi connectivity index (χ0) is 15.1. The Labute approximate surface area is 124 Å². The fourth-order valence-electron chi connectivity index (χ4n) is 2.40. The van der Waals surface area contributed by atoms with Crippen LogP contribution in [0.25, 0.3) is 0 Å². The molecule has 1 fully saturated rings. The molecule has 1 aromatic heterocycles. The Balaban J connectivity index is 1.56. The van der Waals surface area contributed by atoms with Crippen molar-refractivity contribution >= 4 is 11.8 Å². The summed E-state index contributed by atoms with van der Waals surface area (Å²) in [5.41, 5.74) is 0. The lowest BCUT2D eigenvalue weighted by atomic mass is 10.1. The van der Waals surface area contributed by atoms with Crippen LogP contribution in [0.4, 0.5) is 0 Å². The molecule has 0 spiro atoms. The van der Waals surface area contributed by atoms with E-state index in [9.17, 15) is 9.59 Å². The van der Waals surface area contributed by atoms with Crippen LogP contribution in [0.3, 0.4) is 0 Å². The summed E-state index contributed by atoms with van der Waals surface area (Å²) < 4.78 is 4.99. The monoisotopic (exact) mass is 293 g/mol. The zero-order valence-corrected chi connectivity index (χ0v) is 12.4. The van der Waals surface area contributed by atoms with E-state index in [1.165, 1.54) is 6.26 Å². The Hall–Kier alpha value is -1.82. The van der Waals surface area contributed by atoms with Crippen molar-refractivity contribution in [2.24, 2.45) is 0 Å². The quantitative estimate of drug-likeness (QED) is 0.767. The largest absolute Gasteiger partial charge is 0.459 e. The first-order valence-corrected chi connectivity index (χ1v) is 7.45. The normalized spacial score (nSPS) is 16.6. The van der Waals surface area contributed by atoms with E-state index in [1.807, 2.05) is 0 Å². The minimum atomic E-state index is -0.240. The molecule has 0 atom stereocenters. The van der Waals surface area contributed by atoms with Crippen molar-refractivity contribution < 1.29 is 14.0 Å². The summed E-state index contributed by atoms with van der Waals surface area (Å²) >= 11 is 0. The lowest BCUT2D eigenvalue weighted by molar-refractivity contribution is -0.122. The van der Waals surface area contributed by atoms with Crippen LogP contribution >= 0.6 is 0 Å². The molecule has 1 aromatic rings. The highest BCUT2D eigenvalue weighted by molar-refractivity contribution is 5.91. The molecule has 0 radical (unpaired) electrons. The van der Waals surface area contributed by atoms with Crippen LogP contribution in [-0.2, 0) is 4.79 Å². The van der Waals surface area contributed by atoms with Gasteiger partial charge in [-0.05, 0) is 51.5 Å². The number of likely N-dealkylation sites (tertiary alicyclic amines) is 1. The molecule has 2 amide bonds. The first-order chi connectivity index (χ1) is 10.1. The van der Waals surface area contributed by atoms with Crippen LogP contribution < -0.4 is 10.6 Å². The molecule has 0 aromatic carbocycles. The SMILES string of the molecule is CN1CCC(NC(=O)CCCNC(=O)c2ccco2)CC1. The van der Waals surface area contributed by atoms with Gasteiger partial charge in [-0.3, -0.25) is 9.59 Å². The number of carbonyl (C=O) groups excluding carboxylic acids is 2. The van der Waals surface area contributed by atoms with Crippen molar-refractivity contribution in [1.82, 2.24) is 15.5 Å². The fraction of sp³-hybridized carbons (Fsp3) is 0.600. The van der Waals surface area contributed by atoms with Gasteiger partial charge in [0.2, 0.25) is 5.91 Å². The number of furan rings is 1. The molecule has 2 heterocycles. The highest BCUT2D eigenvalue weighted by Crippen LogP contribution is 2.08. The van der Waals surface area contributed by atoms with Gasteiger partial charge in [0, 0.05) is 19.0 Å². The number of rotatable bonds is 6. The van der Waals surface area contributed by atoms with E-state index in [1.54, 1.807) is 12.1 Å². The maximum atomic E-state index is 11.8. The van der Waals surface area contributed by atoms with Gasteiger partial charge in [0.15, 0.2) is 5.76 Å². The summed E-state index contributed by atoms with van der Waals surface area (Å²) in [6.45, 7) is 2.54. The van der Waals surface area contributed by atoms with Gasteiger partial charge >= 0.3 is 0 Å². The number of piperidine rings is 1. The van der Waals surface area contributed by atoms with Gasteiger partial charge in [-0.25, -0.2) is 0 Å². The Morgan fingerprint density at radius 3 is 2.81 bits per heavy atom. The highest BCUT2D eigenvalue weighted by atomic mass is 16.3. The lowest BCUT2D eigenvalue weighted by Gasteiger charge is -2.29. The lowest BCUT2D eigenvalue weighted by Crippen LogP contribution is -2.43. The fourth-order valence-corrected chi connectivity index (χ4v) is 2.40. The topological polar surface area (TPSA) is 74.6 Å². The molecule has 6 nitrogen and oxygen atoms in total. The van der Waals surface area contributed by atoms with Crippen LogP contribution in [0.5, 0.6) is 0 Å². The van der Waals surface area contributed by atoms with Crippen molar-refractivity contribution in [2.75, 3.05) is 26.7 Å². The average molecular weight is 293 g/mol. The Morgan fingerprint density at radius 2 is 2.14 bits per heavy atom. The van der Waals surface area contributed by atoms with E-state index in [0.29, 0.717) is 31.2 Å². The smallest absolute Gasteiger partial charge is 0.286 e. The molecule has 21 heavy (non-hydrogen) atoms. The molecule has 0 saturated carbocycles. The molecule has 0 unspecified atom stereocenters. The number of amides is 2. The second kappa shape index (κ2) is 7.83. The van der Waals surface area contributed by atoms with Crippen LogP contribution in [-0.4, -0.2) is 49.4 Å². The van der Waals surface area contributed by atoms with Gasteiger partial charge in [0.1, 0.15) is 0 Å². The molecule has 116 valence electrons. The Kier molecular flexibility index (Phi) is 5.80. The molecular formula is C15H23N3O3. The minimum Gasteiger partial charge on any atom is -0.459 e. The van der Waals surface area contributed by atoms with Crippen molar-refractivity contribution in [2.45, 2.75) is 31.7 Å². The summed E-state index contributed by atoms with van der Waals surface area (Å²) in [4.78, 5) is 25.7. The predicted molar refractivity (Wildman–Crippen MR) is 78.9 cm³/mol. The van der Waals surface area contributed by atoms with E-state index >= 15 is 0 Å². The zero-order valence-electron chi connectivity index (χ0n) is 12.4. The van der Waals surface area contributed by atoms with E-state index < -0.39 is 0 Å². The molecule has 2 N–H and O–H groups in total. The van der Waals surface area contributed by atoms with Crippen molar-refractivity contribution in [1.29, 1.82) is 0 Å². The molecule has 1 aliphatic heterocycles. The second-order valence-corrected chi connectivity index (χ2v) is 5.48. The Bertz CT molecular complexity index is 451. The summed E-state index contributed by atoms with van der Waals surface area (Å²) in [6, 6.07) is 3.58. The molecule has 2 rings (SSSR count). The average Bonchev–Trinajstić information content (AvgIpc) is 3.00.